The summed E-state index contributed by atoms with van der Waals surface area (Å²) in [6.07, 6.45) is 1.60. The van der Waals surface area contributed by atoms with E-state index in [-0.39, 0.29) is 18.4 Å². The van der Waals surface area contributed by atoms with Gasteiger partial charge in [-0.25, -0.2) is 4.98 Å². The summed E-state index contributed by atoms with van der Waals surface area (Å²) in [5, 5.41) is 3.09. The lowest BCUT2D eigenvalue weighted by Crippen LogP contribution is -2.15. The number of hydrogen-bond donors (Lipinski definition) is 1. The van der Waals surface area contributed by atoms with Crippen molar-refractivity contribution in [3.05, 3.63) is 101 Å². The van der Waals surface area contributed by atoms with Crippen LogP contribution in [0.25, 0.3) is 11.5 Å². The molecule has 1 aliphatic heterocycles. The van der Waals surface area contributed by atoms with E-state index < -0.39 is 0 Å². The molecule has 1 unspecified atom stereocenters. The number of aryl methyl sites for hydroxylation is 1. The molecule has 0 amide bonds. The summed E-state index contributed by atoms with van der Waals surface area (Å²) in [7, 11) is 0. The first-order chi connectivity index (χ1) is 16.2. The van der Waals surface area contributed by atoms with Gasteiger partial charge in [0.05, 0.1) is 6.04 Å². The number of ether oxygens (including phenoxy) is 2. The molecule has 5 rings (SSSR count). The van der Waals surface area contributed by atoms with Gasteiger partial charge in [0, 0.05) is 29.3 Å². The lowest BCUT2D eigenvalue weighted by atomic mass is 9.97. The summed E-state index contributed by atoms with van der Waals surface area (Å²) in [6.45, 7) is 3.29. The summed E-state index contributed by atoms with van der Waals surface area (Å²) in [4.78, 5) is 17.2. The molecule has 3 aromatic carbocycles. The molecular weight excluding hydrogens is 416 g/mol. The summed E-state index contributed by atoms with van der Waals surface area (Å²) in [5.74, 6) is 2.03. The fourth-order valence-electron chi connectivity index (χ4n) is 3.68. The van der Waals surface area contributed by atoms with Crippen molar-refractivity contribution in [2.45, 2.75) is 26.2 Å². The Morgan fingerprint density at radius 3 is 2.48 bits per heavy atom. The minimum atomic E-state index is -0.0690. The molecule has 1 saturated heterocycles. The highest BCUT2D eigenvalue weighted by Gasteiger charge is 2.31. The van der Waals surface area contributed by atoms with E-state index in [1.54, 1.807) is 6.26 Å². The van der Waals surface area contributed by atoms with Gasteiger partial charge in [-0.2, -0.15) is 0 Å². The van der Waals surface area contributed by atoms with Crippen LogP contribution in [0.5, 0.6) is 11.5 Å². The lowest BCUT2D eigenvalue weighted by Gasteiger charge is -2.13. The van der Waals surface area contributed by atoms with Crippen LogP contribution in [-0.2, 0) is 13.2 Å². The number of nitrogens with one attached hydrogen (secondary N) is 1. The van der Waals surface area contributed by atoms with Crippen molar-refractivity contribution in [1.29, 1.82) is 0 Å². The van der Waals surface area contributed by atoms with Crippen molar-refractivity contribution >= 4 is 5.78 Å². The highest BCUT2D eigenvalue weighted by atomic mass is 16.5. The van der Waals surface area contributed by atoms with E-state index in [0.717, 1.165) is 28.8 Å². The van der Waals surface area contributed by atoms with Crippen molar-refractivity contribution < 1.29 is 18.7 Å². The fourth-order valence-corrected chi connectivity index (χ4v) is 3.68. The van der Waals surface area contributed by atoms with Gasteiger partial charge in [-0.3, -0.25) is 4.79 Å². The van der Waals surface area contributed by atoms with Crippen LogP contribution in [0, 0.1) is 6.92 Å². The maximum atomic E-state index is 12.7. The van der Waals surface area contributed by atoms with Crippen LogP contribution in [0.1, 0.15) is 27.2 Å². The van der Waals surface area contributed by atoms with E-state index >= 15 is 0 Å². The number of carbonyl (C=O) groups is 1. The van der Waals surface area contributed by atoms with E-state index in [1.807, 2.05) is 79.7 Å². The molecule has 0 radical (unpaired) electrons. The zero-order valence-corrected chi connectivity index (χ0v) is 18.3. The molecule has 0 bridgehead atoms. The SMILES string of the molecule is Cc1cccc(COc2cccc(OCc3coc(-c4ccccc4)n3)c2)c1C(=O)C1CN1. The van der Waals surface area contributed by atoms with Crippen LogP contribution < -0.4 is 14.8 Å². The molecule has 166 valence electrons. The maximum Gasteiger partial charge on any atom is 0.226 e. The molecule has 1 atom stereocenters. The van der Waals surface area contributed by atoms with Gasteiger partial charge in [-0.05, 0) is 36.8 Å². The van der Waals surface area contributed by atoms with Crippen LogP contribution >= 0.6 is 0 Å². The fraction of sp³-hybridized carbons (Fsp3) is 0.185. The predicted molar refractivity (Wildman–Crippen MR) is 124 cm³/mol. The van der Waals surface area contributed by atoms with Crippen LogP contribution in [0.4, 0.5) is 0 Å². The van der Waals surface area contributed by atoms with Crippen LogP contribution in [-0.4, -0.2) is 23.4 Å². The van der Waals surface area contributed by atoms with Gasteiger partial charge in [0.1, 0.15) is 36.7 Å². The molecule has 4 aromatic rings. The second-order valence-corrected chi connectivity index (χ2v) is 8.00. The monoisotopic (exact) mass is 440 g/mol. The molecule has 2 heterocycles. The number of nitrogens with zero attached hydrogens (tertiary/aromatic N) is 1. The molecule has 1 aromatic heterocycles. The second-order valence-electron chi connectivity index (χ2n) is 8.00. The van der Waals surface area contributed by atoms with Gasteiger partial charge in [-0.15, -0.1) is 0 Å². The van der Waals surface area contributed by atoms with Gasteiger partial charge in [0.25, 0.3) is 0 Å². The average molecular weight is 440 g/mol. The third kappa shape index (κ3) is 4.96. The Balaban J connectivity index is 1.22. The first-order valence-electron chi connectivity index (χ1n) is 10.9. The van der Waals surface area contributed by atoms with Crippen LogP contribution in [0.3, 0.4) is 0 Å². The number of carbonyl (C=O) groups excluding carboxylic acids is 1. The lowest BCUT2D eigenvalue weighted by molar-refractivity contribution is 0.0987. The summed E-state index contributed by atoms with van der Waals surface area (Å²) in [6, 6.07) is 23.0. The van der Waals surface area contributed by atoms with Gasteiger partial charge >= 0.3 is 0 Å². The third-order valence-electron chi connectivity index (χ3n) is 5.49. The average Bonchev–Trinajstić information content (AvgIpc) is 3.59. The van der Waals surface area contributed by atoms with E-state index in [1.165, 1.54) is 0 Å². The second kappa shape index (κ2) is 9.30. The molecule has 1 aliphatic rings. The molecule has 0 saturated carbocycles. The standard InChI is InChI=1S/C27H24N2O4/c1-18-7-5-10-20(25(18)26(30)24-14-28-24)15-31-22-11-6-12-23(13-22)32-16-21-17-33-27(29-21)19-8-3-2-4-9-19/h2-13,17,24,28H,14-16H2,1H3. The van der Waals surface area contributed by atoms with E-state index in [2.05, 4.69) is 10.3 Å². The summed E-state index contributed by atoms with van der Waals surface area (Å²) >= 11 is 0. The quantitative estimate of drug-likeness (QED) is 0.292. The molecule has 6 heteroatoms. The number of benzene rings is 3. The molecule has 1 fully saturated rings. The first-order valence-corrected chi connectivity index (χ1v) is 10.9. The van der Waals surface area contributed by atoms with Crippen molar-refractivity contribution in [2.75, 3.05) is 6.54 Å². The molecule has 1 N–H and O–H groups in total. The molecule has 0 aliphatic carbocycles. The Labute approximate surface area is 192 Å². The summed E-state index contributed by atoms with van der Waals surface area (Å²) < 4.78 is 17.5. The minimum absolute atomic E-state index is 0.0690. The number of Topliss-reactive ketones (excluding diaryl/α,β-unsaturated/α-hetero) is 1. The van der Waals surface area contributed by atoms with Gasteiger partial charge in [0.2, 0.25) is 5.89 Å². The molecule has 33 heavy (non-hydrogen) atoms. The smallest absolute Gasteiger partial charge is 0.226 e. The Morgan fingerprint density at radius 2 is 1.73 bits per heavy atom. The van der Waals surface area contributed by atoms with Crippen LogP contribution in [0.15, 0.2) is 83.5 Å². The van der Waals surface area contributed by atoms with Crippen LogP contribution in [0.2, 0.25) is 0 Å². The normalized spacial score (nSPS) is 14.6. The predicted octanol–water partition coefficient (Wildman–Crippen LogP) is 4.96. The Bertz CT molecular complexity index is 1260. The first kappa shape index (κ1) is 21.0. The topological polar surface area (TPSA) is 83.5 Å². The highest BCUT2D eigenvalue weighted by Crippen LogP contribution is 2.25. The number of oxazole rings is 1. The van der Waals surface area contributed by atoms with Crippen molar-refractivity contribution in [3.8, 4) is 23.0 Å². The number of aromatic nitrogens is 1. The Hall–Kier alpha value is -3.90. The zero-order valence-electron chi connectivity index (χ0n) is 18.3. The third-order valence-corrected chi connectivity index (χ3v) is 5.49. The molecule has 6 nitrogen and oxygen atoms in total. The number of ketones is 1. The summed E-state index contributed by atoms with van der Waals surface area (Å²) in [5.41, 5.74) is 4.23. The van der Waals surface area contributed by atoms with Gasteiger partial charge in [0.15, 0.2) is 5.78 Å². The van der Waals surface area contributed by atoms with E-state index in [0.29, 0.717) is 29.7 Å². The zero-order chi connectivity index (χ0) is 22.6. The van der Waals surface area contributed by atoms with Crippen molar-refractivity contribution in [2.24, 2.45) is 0 Å². The number of hydrogen-bond acceptors (Lipinski definition) is 6. The van der Waals surface area contributed by atoms with E-state index in [4.69, 9.17) is 13.9 Å². The number of rotatable bonds is 9. The Kier molecular flexibility index (Phi) is 5.91. The largest absolute Gasteiger partial charge is 0.489 e. The van der Waals surface area contributed by atoms with Gasteiger partial charge in [-0.1, -0.05) is 42.5 Å². The Morgan fingerprint density at radius 1 is 1.00 bits per heavy atom. The minimum Gasteiger partial charge on any atom is -0.489 e. The molecule has 0 spiro atoms. The van der Waals surface area contributed by atoms with Crippen molar-refractivity contribution in [3.63, 3.8) is 0 Å². The highest BCUT2D eigenvalue weighted by molar-refractivity contribution is 6.04. The molecular formula is C27H24N2O4. The van der Waals surface area contributed by atoms with Gasteiger partial charge < -0.3 is 19.2 Å². The van der Waals surface area contributed by atoms with E-state index in [9.17, 15) is 4.79 Å². The maximum absolute atomic E-state index is 12.7. The van der Waals surface area contributed by atoms with Crippen molar-refractivity contribution in [1.82, 2.24) is 10.3 Å².